The highest BCUT2D eigenvalue weighted by atomic mass is 79.9. The van der Waals surface area contributed by atoms with Crippen LogP contribution in [0.15, 0.2) is 51.9 Å². The first-order chi connectivity index (χ1) is 10.6. The quantitative estimate of drug-likeness (QED) is 0.671. The first kappa shape index (κ1) is 16.5. The molecule has 0 aliphatic carbocycles. The number of rotatable bonds is 4. The van der Waals surface area contributed by atoms with Gasteiger partial charge in [-0.25, -0.2) is 0 Å². The minimum atomic E-state index is 0.661. The third-order valence-electron chi connectivity index (χ3n) is 3.31. The van der Waals surface area contributed by atoms with Gasteiger partial charge in [0.05, 0.1) is 12.2 Å². The number of benzene rings is 1. The topological polar surface area (TPSA) is 40.5 Å². The van der Waals surface area contributed by atoms with E-state index in [1.165, 1.54) is 5.56 Å². The number of halogens is 1. The molecular weight excluding hydrogens is 340 g/mol. The van der Waals surface area contributed by atoms with Crippen molar-refractivity contribution in [1.82, 2.24) is 15.2 Å². The van der Waals surface area contributed by atoms with Crippen molar-refractivity contribution < 1.29 is 0 Å². The summed E-state index contributed by atoms with van der Waals surface area (Å²) in [5.74, 6) is 0.846. The highest BCUT2D eigenvalue weighted by molar-refractivity contribution is 9.10. The lowest BCUT2D eigenvalue weighted by Gasteiger charge is -2.22. The molecule has 22 heavy (non-hydrogen) atoms. The molecule has 0 radical (unpaired) electrons. The summed E-state index contributed by atoms with van der Waals surface area (Å²) >= 11 is 3.58. The molecule has 0 saturated heterocycles. The maximum absolute atomic E-state index is 4.49. The van der Waals surface area contributed by atoms with Gasteiger partial charge in [-0.2, -0.15) is 0 Å². The van der Waals surface area contributed by atoms with Crippen LogP contribution < -0.4 is 5.32 Å². The van der Waals surface area contributed by atoms with Gasteiger partial charge in [0, 0.05) is 30.8 Å². The highest BCUT2D eigenvalue weighted by Gasteiger charge is 2.08. The molecule has 0 aliphatic rings. The Morgan fingerprint density at radius 3 is 2.68 bits per heavy atom. The molecule has 2 aromatic rings. The van der Waals surface area contributed by atoms with Gasteiger partial charge in [-0.15, -0.1) is 0 Å². The summed E-state index contributed by atoms with van der Waals surface area (Å²) < 4.78 is 1.11. The average molecular weight is 361 g/mol. The van der Waals surface area contributed by atoms with E-state index in [1.54, 1.807) is 7.05 Å². The average Bonchev–Trinajstić information content (AvgIpc) is 2.50. The Kier molecular flexibility index (Phi) is 5.95. The molecule has 5 heteroatoms. The summed E-state index contributed by atoms with van der Waals surface area (Å²) in [7, 11) is 3.82. The predicted molar refractivity (Wildman–Crippen MR) is 94.8 cm³/mol. The maximum Gasteiger partial charge on any atom is 0.194 e. The van der Waals surface area contributed by atoms with Crippen molar-refractivity contribution in [1.29, 1.82) is 0 Å². The number of hydrogen-bond donors (Lipinski definition) is 1. The molecule has 1 aromatic carbocycles. The van der Waals surface area contributed by atoms with Crippen LogP contribution in [0.3, 0.4) is 0 Å². The zero-order chi connectivity index (χ0) is 15.9. The van der Waals surface area contributed by atoms with Crippen LogP contribution in [-0.4, -0.2) is 29.9 Å². The standard InChI is InChI=1S/C17H21BrN4/c1-13-7-6-9-15(21-13)11-20-17(19-2)22(3)12-14-8-4-5-10-16(14)18/h4-10H,11-12H2,1-3H3,(H,19,20). The van der Waals surface area contributed by atoms with Gasteiger partial charge in [-0.05, 0) is 30.7 Å². The Morgan fingerprint density at radius 1 is 1.23 bits per heavy atom. The first-order valence-electron chi connectivity index (χ1n) is 7.18. The van der Waals surface area contributed by atoms with Crippen LogP contribution in [0.1, 0.15) is 17.0 Å². The van der Waals surface area contributed by atoms with E-state index in [0.717, 1.165) is 28.4 Å². The third-order valence-corrected chi connectivity index (χ3v) is 4.09. The number of hydrogen-bond acceptors (Lipinski definition) is 2. The fraction of sp³-hybridized carbons (Fsp3) is 0.294. The minimum absolute atomic E-state index is 0.661. The highest BCUT2D eigenvalue weighted by Crippen LogP contribution is 2.17. The lowest BCUT2D eigenvalue weighted by Crippen LogP contribution is -2.38. The largest absolute Gasteiger partial charge is 0.351 e. The number of nitrogens with zero attached hydrogens (tertiary/aromatic N) is 3. The number of guanidine groups is 1. The van der Waals surface area contributed by atoms with Crippen molar-refractivity contribution in [3.8, 4) is 0 Å². The molecule has 1 aromatic heterocycles. The van der Waals surface area contributed by atoms with E-state index in [1.807, 2.05) is 44.3 Å². The third kappa shape index (κ3) is 4.56. The Bertz CT molecular complexity index is 655. The van der Waals surface area contributed by atoms with Gasteiger partial charge in [0.15, 0.2) is 5.96 Å². The van der Waals surface area contributed by atoms with E-state index >= 15 is 0 Å². The molecule has 2 rings (SSSR count). The SMILES string of the molecule is CN=C(NCc1cccc(C)n1)N(C)Cc1ccccc1Br. The second kappa shape index (κ2) is 7.94. The normalized spacial score (nSPS) is 11.4. The van der Waals surface area contributed by atoms with Crippen molar-refractivity contribution in [3.63, 3.8) is 0 Å². The number of pyridine rings is 1. The van der Waals surface area contributed by atoms with Crippen molar-refractivity contribution in [2.45, 2.75) is 20.0 Å². The molecule has 116 valence electrons. The van der Waals surface area contributed by atoms with Crippen LogP contribution in [0.25, 0.3) is 0 Å². The molecule has 0 fully saturated rings. The van der Waals surface area contributed by atoms with Crippen molar-refractivity contribution in [2.24, 2.45) is 4.99 Å². The van der Waals surface area contributed by atoms with E-state index < -0.39 is 0 Å². The van der Waals surface area contributed by atoms with Crippen molar-refractivity contribution in [2.75, 3.05) is 14.1 Å². The van der Waals surface area contributed by atoms with E-state index in [9.17, 15) is 0 Å². The van der Waals surface area contributed by atoms with Crippen LogP contribution in [0.4, 0.5) is 0 Å². The van der Waals surface area contributed by atoms with E-state index in [4.69, 9.17) is 0 Å². The molecule has 0 atom stereocenters. The fourth-order valence-corrected chi connectivity index (χ4v) is 2.62. The monoisotopic (exact) mass is 360 g/mol. The molecule has 0 bridgehead atoms. The second-order valence-electron chi connectivity index (χ2n) is 5.12. The van der Waals surface area contributed by atoms with Crippen LogP contribution in [0.5, 0.6) is 0 Å². The molecule has 0 spiro atoms. The van der Waals surface area contributed by atoms with E-state index in [0.29, 0.717) is 6.54 Å². The van der Waals surface area contributed by atoms with Crippen molar-refractivity contribution >= 4 is 21.9 Å². The van der Waals surface area contributed by atoms with Gasteiger partial charge in [-0.3, -0.25) is 9.98 Å². The second-order valence-corrected chi connectivity index (χ2v) is 5.97. The van der Waals surface area contributed by atoms with Crippen molar-refractivity contribution in [3.05, 3.63) is 63.9 Å². The van der Waals surface area contributed by atoms with Crippen LogP contribution in [-0.2, 0) is 13.1 Å². The number of nitrogens with one attached hydrogen (secondary N) is 1. The Balaban J connectivity index is 1.98. The number of aryl methyl sites for hydroxylation is 1. The molecule has 4 nitrogen and oxygen atoms in total. The van der Waals surface area contributed by atoms with Gasteiger partial charge < -0.3 is 10.2 Å². The summed E-state index contributed by atoms with van der Waals surface area (Å²) in [6.45, 7) is 3.44. The first-order valence-corrected chi connectivity index (χ1v) is 7.97. The number of aliphatic imine (C=N–C) groups is 1. The maximum atomic E-state index is 4.49. The molecule has 1 N–H and O–H groups in total. The predicted octanol–water partition coefficient (Wildman–Crippen LogP) is 3.36. The summed E-state index contributed by atoms with van der Waals surface area (Å²) in [4.78, 5) is 10.9. The van der Waals surface area contributed by atoms with E-state index in [-0.39, 0.29) is 0 Å². The molecule has 1 heterocycles. The van der Waals surface area contributed by atoms with Gasteiger partial charge in [0.2, 0.25) is 0 Å². The Morgan fingerprint density at radius 2 is 2.00 bits per heavy atom. The van der Waals surface area contributed by atoms with Gasteiger partial charge >= 0.3 is 0 Å². The summed E-state index contributed by atoms with van der Waals surface area (Å²) in [6.07, 6.45) is 0. The zero-order valence-electron chi connectivity index (χ0n) is 13.2. The Labute approximate surface area is 140 Å². The van der Waals surface area contributed by atoms with Gasteiger partial charge in [0.1, 0.15) is 0 Å². The lowest BCUT2D eigenvalue weighted by atomic mass is 10.2. The summed E-state index contributed by atoms with van der Waals surface area (Å²) in [5, 5.41) is 3.35. The molecule has 0 aliphatic heterocycles. The summed E-state index contributed by atoms with van der Waals surface area (Å²) in [5.41, 5.74) is 3.26. The molecule has 0 amide bonds. The van der Waals surface area contributed by atoms with E-state index in [2.05, 4.69) is 48.3 Å². The van der Waals surface area contributed by atoms with Crippen LogP contribution >= 0.6 is 15.9 Å². The lowest BCUT2D eigenvalue weighted by molar-refractivity contribution is 0.475. The number of aromatic nitrogens is 1. The van der Waals surface area contributed by atoms with Gasteiger partial charge in [-0.1, -0.05) is 40.2 Å². The molecular formula is C17H21BrN4. The summed E-state index contributed by atoms with van der Waals surface area (Å²) in [6, 6.07) is 14.3. The Hall–Kier alpha value is -1.88. The smallest absolute Gasteiger partial charge is 0.194 e. The van der Waals surface area contributed by atoms with Crippen LogP contribution in [0.2, 0.25) is 0 Å². The fourth-order valence-electron chi connectivity index (χ4n) is 2.21. The molecule has 0 saturated carbocycles. The van der Waals surface area contributed by atoms with Crippen LogP contribution in [0, 0.1) is 6.92 Å². The van der Waals surface area contributed by atoms with Gasteiger partial charge in [0.25, 0.3) is 0 Å². The zero-order valence-corrected chi connectivity index (χ0v) is 14.8. The minimum Gasteiger partial charge on any atom is -0.351 e. The molecule has 0 unspecified atom stereocenters.